The molecule has 3 aromatic heterocycles. The summed E-state index contributed by atoms with van der Waals surface area (Å²) in [5.41, 5.74) is 1.28. The van der Waals surface area contributed by atoms with Gasteiger partial charge in [-0.15, -0.1) is 0 Å². The molecular weight excluding hydrogens is 518 g/mol. The van der Waals surface area contributed by atoms with Crippen LogP contribution in [0.25, 0.3) is 22.2 Å². The second-order valence-corrected chi connectivity index (χ2v) is 11.1. The number of aromatic nitrogens is 3. The topological polar surface area (TPSA) is 146 Å². The maximum atomic E-state index is 13.4. The zero-order valence-corrected chi connectivity index (χ0v) is 21.1. The number of fused-ring (bicyclic) bond motifs is 1. The number of carbonyl (C=O) groups is 1. The minimum absolute atomic E-state index is 0.0729. The Morgan fingerprint density at radius 1 is 1.05 bits per heavy atom. The van der Waals surface area contributed by atoms with E-state index in [2.05, 4.69) is 20.6 Å². The third kappa shape index (κ3) is 5.18. The van der Waals surface area contributed by atoms with Crippen molar-refractivity contribution in [2.24, 2.45) is 0 Å². The summed E-state index contributed by atoms with van der Waals surface area (Å²) in [7, 11) is -3.96. The molecule has 37 heavy (non-hydrogen) atoms. The lowest BCUT2D eigenvalue weighted by Crippen LogP contribution is -2.39. The summed E-state index contributed by atoms with van der Waals surface area (Å²) in [4.78, 5) is 19.6. The van der Waals surface area contributed by atoms with E-state index in [9.17, 15) is 18.3 Å². The van der Waals surface area contributed by atoms with Gasteiger partial charge in [0, 0.05) is 29.2 Å². The van der Waals surface area contributed by atoms with Gasteiger partial charge < -0.3 is 20.8 Å². The van der Waals surface area contributed by atoms with E-state index in [4.69, 9.17) is 16.7 Å². The molecule has 0 atom stereocenters. The quantitative estimate of drug-likeness (QED) is 0.257. The average Bonchev–Trinajstić information content (AvgIpc) is 3.25. The molecule has 1 aromatic carbocycles. The first-order valence-corrected chi connectivity index (χ1v) is 13.5. The van der Waals surface area contributed by atoms with Crippen LogP contribution in [0, 0.1) is 0 Å². The van der Waals surface area contributed by atoms with E-state index in [-0.39, 0.29) is 33.5 Å². The summed E-state index contributed by atoms with van der Waals surface area (Å²) in [6.45, 7) is 0. The molecule has 1 fully saturated rings. The van der Waals surface area contributed by atoms with Crippen LogP contribution in [0.15, 0.2) is 65.8 Å². The first kappa shape index (κ1) is 24.8. The first-order chi connectivity index (χ1) is 17.7. The smallest absolute Gasteiger partial charge is 0.404 e. The van der Waals surface area contributed by atoms with E-state index in [1.54, 1.807) is 30.3 Å². The zero-order valence-electron chi connectivity index (χ0n) is 19.5. The SMILES string of the molecule is O=C(O)N[C@H]1CC[C@H](Nc2cc(-c3cn(S(=O)(=O)c4ccccc4)c4ncc(O)cc34)cc(Cl)n2)CC1. The summed E-state index contributed by atoms with van der Waals surface area (Å²) in [5, 5.41) is 25.6. The molecule has 0 saturated heterocycles. The second kappa shape index (κ2) is 9.91. The largest absolute Gasteiger partial charge is 0.506 e. The number of benzene rings is 1. The number of pyridine rings is 2. The highest BCUT2D eigenvalue weighted by atomic mass is 35.5. The van der Waals surface area contributed by atoms with Crippen LogP contribution >= 0.6 is 11.6 Å². The lowest BCUT2D eigenvalue weighted by molar-refractivity contribution is 0.185. The lowest BCUT2D eigenvalue weighted by Gasteiger charge is -2.29. The van der Waals surface area contributed by atoms with Crippen molar-refractivity contribution in [1.29, 1.82) is 0 Å². The Balaban J connectivity index is 1.50. The minimum atomic E-state index is -3.96. The van der Waals surface area contributed by atoms with Crippen molar-refractivity contribution in [2.75, 3.05) is 5.32 Å². The van der Waals surface area contributed by atoms with Crippen molar-refractivity contribution < 1.29 is 23.4 Å². The molecule has 0 radical (unpaired) electrons. The number of hydrogen-bond donors (Lipinski definition) is 4. The monoisotopic (exact) mass is 541 g/mol. The predicted octanol–water partition coefficient (Wildman–Crippen LogP) is 4.69. The lowest BCUT2D eigenvalue weighted by atomic mass is 9.91. The standard InChI is InChI=1S/C25H24ClN5O5S/c26-22-10-15(11-23(30-22)28-16-6-8-17(9-7-16)29-25(33)34)21-14-31(24-20(21)12-18(32)13-27-24)37(35,36)19-4-2-1-3-5-19/h1-5,10-14,16-17,29,32H,6-9H2,(H,28,30)(H,33,34)/t16-,17-. The van der Waals surface area contributed by atoms with Crippen molar-refractivity contribution in [3.8, 4) is 16.9 Å². The highest BCUT2D eigenvalue weighted by molar-refractivity contribution is 7.90. The Labute approximate surface area is 218 Å². The molecule has 0 aliphatic heterocycles. The van der Waals surface area contributed by atoms with E-state index in [1.807, 2.05) is 0 Å². The van der Waals surface area contributed by atoms with Crippen LogP contribution in [0.3, 0.4) is 0 Å². The number of nitrogens with one attached hydrogen (secondary N) is 2. The molecule has 0 unspecified atom stereocenters. The molecule has 1 amide bonds. The molecule has 4 aromatic rings. The molecule has 1 aliphatic rings. The molecule has 0 spiro atoms. The number of anilines is 1. The van der Waals surface area contributed by atoms with Gasteiger partial charge in [-0.25, -0.2) is 27.2 Å². The molecule has 4 N–H and O–H groups in total. The summed E-state index contributed by atoms with van der Waals surface area (Å²) < 4.78 is 28.0. The van der Waals surface area contributed by atoms with Crippen molar-refractivity contribution >= 4 is 44.6 Å². The Hall–Kier alpha value is -3.83. The van der Waals surface area contributed by atoms with Gasteiger partial charge in [-0.05, 0) is 61.6 Å². The van der Waals surface area contributed by atoms with Gasteiger partial charge in [-0.3, -0.25) is 0 Å². The van der Waals surface area contributed by atoms with Crippen molar-refractivity contribution in [1.82, 2.24) is 19.3 Å². The zero-order chi connectivity index (χ0) is 26.2. The normalized spacial score (nSPS) is 18.0. The summed E-state index contributed by atoms with van der Waals surface area (Å²) in [6.07, 6.45) is 4.55. The maximum Gasteiger partial charge on any atom is 0.404 e. The summed E-state index contributed by atoms with van der Waals surface area (Å²) in [5.74, 6) is 0.408. The molecular formula is C25H24ClN5O5S. The van der Waals surface area contributed by atoms with Crippen LogP contribution in [-0.2, 0) is 10.0 Å². The molecule has 0 bridgehead atoms. The third-order valence-electron chi connectivity index (χ3n) is 6.41. The van der Waals surface area contributed by atoms with E-state index >= 15 is 0 Å². The summed E-state index contributed by atoms with van der Waals surface area (Å²) >= 11 is 6.36. The van der Waals surface area contributed by atoms with E-state index < -0.39 is 16.1 Å². The molecule has 5 rings (SSSR count). The number of rotatable bonds is 6. The minimum Gasteiger partial charge on any atom is -0.506 e. The van der Waals surface area contributed by atoms with Gasteiger partial charge in [0.05, 0.1) is 11.1 Å². The van der Waals surface area contributed by atoms with Gasteiger partial charge in [0.25, 0.3) is 10.0 Å². The molecule has 10 nitrogen and oxygen atoms in total. The number of carboxylic acid groups (broad SMARTS) is 1. The highest BCUT2D eigenvalue weighted by Gasteiger charge is 2.25. The van der Waals surface area contributed by atoms with Crippen LogP contribution in [0.1, 0.15) is 25.7 Å². The van der Waals surface area contributed by atoms with Crippen molar-refractivity contribution in [3.05, 3.63) is 66.1 Å². The van der Waals surface area contributed by atoms with Gasteiger partial charge in [0.2, 0.25) is 0 Å². The molecule has 12 heteroatoms. The summed E-state index contributed by atoms with van der Waals surface area (Å²) in [6, 6.07) is 12.9. The Morgan fingerprint density at radius 2 is 1.76 bits per heavy atom. The number of amides is 1. The molecule has 3 heterocycles. The van der Waals surface area contributed by atoms with E-state index in [0.717, 1.165) is 16.8 Å². The molecule has 192 valence electrons. The Morgan fingerprint density at radius 3 is 2.46 bits per heavy atom. The Bertz CT molecular complexity index is 1570. The van der Waals surface area contributed by atoms with Gasteiger partial charge >= 0.3 is 6.09 Å². The van der Waals surface area contributed by atoms with Gasteiger partial charge in [0.15, 0.2) is 5.65 Å². The number of hydrogen-bond acceptors (Lipinski definition) is 7. The number of halogens is 1. The van der Waals surface area contributed by atoms with E-state index in [1.165, 1.54) is 30.6 Å². The highest BCUT2D eigenvalue weighted by Crippen LogP contribution is 2.36. The van der Waals surface area contributed by atoms with Gasteiger partial charge in [-0.2, -0.15) is 0 Å². The van der Waals surface area contributed by atoms with Crippen LogP contribution in [0.4, 0.5) is 10.6 Å². The van der Waals surface area contributed by atoms with Crippen molar-refractivity contribution in [3.63, 3.8) is 0 Å². The van der Waals surface area contributed by atoms with Crippen LogP contribution in [0.5, 0.6) is 5.75 Å². The Kier molecular flexibility index (Phi) is 6.65. The second-order valence-electron chi connectivity index (χ2n) is 8.93. The van der Waals surface area contributed by atoms with E-state index in [0.29, 0.717) is 35.2 Å². The number of aromatic hydroxyl groups is 1. The van der Waals surface area contributed by atoms with Crippen molar-refractivity contribution in [2.45, 2.75) is 42.7 Å². The fourth-order valence-corrected chi connectivity index (χ4v) is 6.23. The predicted molar refractivity (Wildman–Crippen MR) is 139 cm³/mol. The third-order valence-corrected chi connectivity index (χ3v) is 8.27. The number of nitrogens with zero attached hydrogens (tertiary/aromatic N) is 3. The van der Waals surface area contributed by atoms with Gasteiger partial charge in [-0.1, -0.05) is 29.8 Å². The average molecular weight is 542 g/mol. The van der Waals surface area contributed by atoms with Crippen LogP contribution < -0.4 is 10.6 Å². The van der Waals surface area contributed by atoms with Crippen LogP contribution in [-0.4, -0.2) is 50.7 Å². The fraction of sp³-hybridized carbons (Fsp3) is 0.240. The fourth-order valence-electron chi connectivity index (χ4n) is 4.68. The maximum absolute atomic E-state index is 13.4. The first-order valence-electron chi connectivity index (χ1n) is 11.7. The van der Waals surface area contributed by atoms with Crippen LogP contribution in [0.2, 0.25) is 5.15 Å². The molecule has 1 aliphatic carbocycles. The molecule has 1 saturated carbocycles. The van der Waals surface area contributed by atoms with Gasteiger partial charge in [0.1, 0.15) is 16.7 Å².